The number of aromatic nitrogens is 2. The molecule has 0 aromatic carbocycles. The molecular formula is C11H10N2O. The van der Waals surface area contributed by atoms with Crippen molar-refractivity contribution < 1.29 is 0 Å². The molecule has 70 valence electrons. The molecule has 0 unspecified atom stereocenters. The van der Waals surface area contributed by atoms with Crippen LogP contribution in [-0.4, -0.2) is 9.55 Å². The van der Waals surface area contributed by atoms with Crippen molar-refractivity contribution in [3.8, 4) is 0 Å². The number of fused-ring (bicyclic) bond motifs is 1. The first-order valence-electron chi connectivity index (χ1n) is 4.38. The number of hydrogen-bond acceptors (Lipinski definition) is 2. The van der Waals surface area contributed by atoms with Gasteiger partial charge in [-0.15, -0.1) is 6.58 Å². The van der Waals surface area contributed by atoms with Crippen molar-refractivity contribution in [1.29, 1.82) is 0 Å². The standard InChI is InChI=1S/C11H10N2O/c1-2-8-13-10-4-3-7-12-9(10)5-6-11(13)14/h2-7H,1,8H2. The summed E-state index contributed by atoms with van der Waals surface area (Å²) in [6.07, 6.45) is 3.42. The van der Waals surface area contributed by atoms with E-state index in [-0.39, 0.29) is 5.56 Å². The van der Waals surface area contributed by atoms with Crippen LogP contribution in [-0.2, 0) is 6.54 Å². The van der Waals surface area contributed by atoms with Crippen molar-refractivity contribution in [2.45, 2.75) is 6.54 Å². The summed E-state index contributed by atoms with van der Waals surface area (Å²) < 4.78 is 1.65. The number of nitrogens with zero attached hydrogens (tertiary/aromatic N) is 2. The second kappa shape index (κ2) is 3.46. The molecule has 0 aliphatic rings. The average molecular weight is 186 g/mol. The molecule has 0 saturated carbocycles. The highest BCUT2D eigenvalue weighted by atomic mass is 16.1. The Morgan fingerprint density at radius 3 is 3.07 bits per heavy atom. The highest BCUT2D eigenvalue weighted by Gasteiger charge is 2.00. The first-order valence-corrected chi connectivity index (χ1v) is 4.38. The van der Waals surface area contributed by atoms with Gasteiger partial charge < -0.3 is 4.57 Å². The molecule has 0 saturated heterocycles. The van der Waals surface area contributed by atoms with E-state index in [1.54, 1.807) is 22.9 Å². The molecule has 0 atom stereocenters. The highest BCUT2D eigenvalue weighted by Crippen LogP contribution is 2.07. The van der Waals surface area contributed by atoms with E-state index < -0.39 is 0 Å². The minimum atomic E-state index is -0.0228. The molecular weight excluding hydrogens is 176 g/mol. The lowest BCUT2D eigenvalue weighted by Crippen LogP contribution is -2.18. The predicted molar refractivity (Wildman–Crippen MR) is 56.2 cm³/mol. The van der Waals surface area contributed by atoms with Crippen LogP contribution in [0.5, 0.6) is 0 Å². The van der Waals surface area contributed by atoms with Crippen LogP contribution in [0.3, 0.4) is 0 Å². The van der Waals surface area contributed by atoms with Gasteiger partial charge in [0.1, 0.15) is 0 Å². The van der Waals surface area contributed by atoms with E-state index in [0.29, 0.717) is 6.54 Å². The van der Waals surface area contributed by atoms with Gasteiger partial charge in [0.05, 0.1) is 11.0 Å². The Morgan fingerprint density at radius 2 is 2.29 bits per heavy atom. The number of pyridine rings is 2. The lowest BCUT2D eigenvalue weighted by Gasteiger charge is -2.05. The molecule has 0 N–H and O–H groups in total. The van der Waals surface area contributed by atoms with E-state index in [2.05, 4.69) is 11.6 Å². The molecule has 0 fully saturated rings. The number of allylic oxidation sites excluding steroid dienone is 1. The Labute approximate surface area is 81.3 Å². The average Bonchev–Trinajstić information content (AvgIpc) is 2.23. The molecule has 3 nitrogen and oxygen atoms in total. The van der Waals surface area contributed by atoms with Crippen LogP contribution < -0.4 is 5.56 Å². The Balaban J connectivity index is 2.82. The maximum atomic E-state index is 11.5. The van der Waals surface area contributed by atoms with E-state index in [9.17, 15) is 4.79 Å². The third-order valence-electron chi connectivity index (χ3n) is 2.07. The fraction of sp³-hybridized carbons (Fsp3) is 0.0909. The van der Waals surface area contributed by atoms with E-state index in [4.69, 9.17) is 0 Å². The number of hydrogen-bond donors (Lipinski definition) is 0. The molecule has 0 radical (unpaired) electrons. The Hall–Kier alpha value is -1.90. The summed E-state index contributed by atoms with van der Waals surface area (Å²) in [5.74, 6) is 0. The summed E-state index contributed by atoms with van der Waals surface area (Å²) in [7, 11) is 0. The summed E-state index contributed by atoms with van der Waals surface area (Å²) in [4.78, 5) is 15.7. The van der Waals surface area contributed by atoms with Gasteiger partial charge in [0, 0.05) is 18.8 Å². The predicted octanol–water partition coefficient (Wildman–Crippen LogP) is 1.58. The molecule has 3 heteroatoms. The van der Waals surface area contributed by atoms with Crippen molar-refractivity contribution in [3.05, 3.63) is 53.5 Å². The Morgan fingerprint density at radius 1 is 1.43 bits per heavy atom. The smallest absolute Gasteiger partial charge is 0.251 e. The lowest BCUT2D eigenvalue weighted by molar-refractivity contribution is 0.817. The van der Waals surface area contributed by atoms with Crippen molar-refractivity contribution in [2.24, 2.45) is 0 Å². The van der Waals surface area contributed by atoms with Gasteiger partial charge >= 0.3 is 0 Å². The van der Waals surface area contributed by atoms with Crippen LogP contribution >= 0.6 is 0 Å². The van der Waals surface area contributed by atoms with Crippen molar-refractivity contribution in [1.82, 2.24) is 9.55 Å². The van der Waals surface area contributed by atoms with Crippen LogP contribution in [0.2, 0.25) is 0 Å². The molecule has 0 spiro atoms. The summed E-state index contributed by atoms with van der Waals surface area (Å²) in [6.45, 7) is 4.14. The molecule has 2 aromatic heterocycles. The summed E-state index contributed by atoms with van der Waals surface area (Å²) in [5, 5.41) is 0. The molecule has 2 aromatic rings. The highest BCUT2D eigenvalue weighted by molar-refractivity contribution is 5.73. The molecule has 14 heavy (non-hydrogen) atoms. The maximum Gasteiger partial charge on any atom is 0.251 e. The lowest BCUT2D eigenvalue weighted by atomic mass is 10.3. The van der Waals surface area contributed by atoms with Gasteiger partial charge in [-0.3, -0.25) is 9.78 Å². The number of rotatable bonds is 2. The van der Waals surface area contributed by atoms with Crippen molar-refractivity contribution >= 4 is 11.0 Å². The quantitative estimate of drug-likeness (QED) is 0.667. The van der Waals surface area contributed by atoms with Crippen LogP contribution in [0.25, 0.3) is 11.0 Å². The van der Waals surface area contributed by atoms with Crippen LogP contribution in [0.15, 0.2) is 47.9 Å². The van der Waals surface area contributed by atoms with Gasteiger partial charge in [0.25, 0.3) is 5.56 Å². The minimum absolute atomic E-state index is 0.0228. The monoisotopic (exact) mass is 186 g/mol. The van der Waals surface area contributed by atoms with E-state index in [1.807, 2.05) is 12.1 Å². The molecule has 0 aliphatic carbocycles. The van der Waals surface area contributed by atoms with Crippen LogP contribution in [0.1, 0.15) is 0 Å². The second-order valence-electron chi connectivity index (χ2n) is 2.98. The van der Waals surface area contributed by atoms with Gasteiger partial charge in [-0.25, -0.2) is 0 Å². The zero-order valence-electron chi connectivity index (χ0n) is 7.68. The van der Waals surface area contributed by atoms with Gasteiger partial charge in [-0.2, -0.15) is 0 Å². The van der Waals surface area contributed by atoms with Gasteiger partial charge in [0.15, 0.2) is 0 Å². The topological polar surface area (TPSA) is 34.9 Å². The zero-order chi connectivity index (χ0) is 9.97. The molecule has 2 heterocycles. The summed E-state index contributed by atoms with van der Waals surface area (Å²) >= 11 is 0. The zero-order valence-corrected chi connectivity index (χ0v) is 7.68. The second-order valence-corrected chi connectivity index (χ2v) is 2.98. The molecule has 2 rings (SSSR count). The fourth-order valence-electron chi connectivity index (χ4n) is 1.44. The maximum absolute atomic E-state index is 11.5. The first kappa shape index (κ1) is 8.69. The third-order valence-corrected chi connectivity index (χ3v) is 2.07. The van der Waals surface area contributed by atoms with E-state index in [1.165, 1.54) is 6.07 Å². The van der Waals surface area contributed by atoms with Gasteiger partial charge in [-0.05, 0) is 18.2 Å². The minimum Gasteiger partial charge on any atom is -0.303 e. The van der Waals surface area contributed by atoms with Crippen LogP contribution in [0.4, 0.5) is 0 Å². The normalized spacial score (nSPS) is 10.3. The van der Waals surface area contributed by atoms with Gasteiger partial charge in [-0.1, -0.05) is 6.08 Å². The Bertz CT molecular complexity index is 528. The third kappa shape index (κ3) is 1.33. The van der Waals surface area contributed by atoms with Crippen LogP contribution in [0, 0.1) is 0 Å². The van der Waals surface area contributed by atoms with E-state index in [0.717, 1.165) is 11.0 Å². The fourth-order valence-corrected chi connectivity index (χ4v) is 1.44. The SMILES string of the molecule is C=CCn1c(=O)ccc2ncccc21. The summed E-state index contributed by atoms with van der Waals surface area (Å²) in [5.41, 5.74) is 1.65. The van der Waals surface area contributed by atoms with Crippen molar-refractivity contribution in [2.75, 3.05) is 0 Å². The first-order chi connectivity index (χ1) is 6.83. The molecule has 0 amide bonds. The van der Waals surface area contributed by atoms with Crippen molar-refractivity contribution in [3.63, 3.8) is 0 Å². The van der Waals surface area contributed by atoms with E-state index >= 15 is 0 Å². The molecule has 0 aliphatic heterocycles. The summed E-state index contributed by atoms with van der Waals surface area (Å²) in [6, 6.07) is 6.96. The largest absolute Gasteiger partial charge is 0.303 e. The Kier molecular flexibility index (Phi) is 2.14. The van der Waals surface area contributed by atoms with Gasteiger partial charge in [0.2, 0.25) is 0 Å². The molecule has 0 bridgehead atoms.